The number of anilines is 6. The number of ether oxygens (including phenoxy) is 2. The number of methoxy groups -OCH3 is 2. The third-order valence-electron chi connectivity index (χ3n) is 7.00. The molecule has 0 aliphatic carbocycles. The second-order valence-corrected chi connectivity index (χ2v) is 11.7. The minimum Gasteiger partial charge on any atom is -0.497 e. The van der Waals surface area contributed by atoms with Gasteiger partial charge >= 0.3 is 0 Å². The van der Waals surface area contributed by atoms with Gasteiger partial charge in [0.05, 0.1) is 14.2 Å². The molecule has 0 aliphatic rings. The Morgan fingerprint density at radius 2 is 0.478 bits per heavy atom. The number of hydrogen-bond donors (Lipinski definition) is 0. The summed E-state index contributed by atoms with van der Waals surface area (Å²) in [5, 5.41) is 2.83. The van der Waals surface area contributed by atoms with Crippen molar-refractivity contribution >= 4 is 80.5 Å². The van der Waals surface area contributed by atoms with E-state index in [2.05, 4.69) is 9.80 Å². The van der Waals surface area contributed by atoms with Crippen molar-refractivity contribution in [3.8, 4) is 11.5 Å². The molecule has 0 atom stereocenters. The predicted octanol–water partition coefficient (Wildman–Crippen LogP) is 12.9. The molecule has 0 fully saturated rings. The van der Waals surface area contributed by atoms with E-state index in [0.717, 1.165) is 45.6 Å². The minimum atomic E-state index is 0.708. The fourth-order valence-electron chi connectivity index (χ4n) is 4.72. The van der Waals surface area contributed by atoms with Gasteiger partial charge in [0.1, 0.15) is 11.5 Å². The van der Waals surface area contributed by atoms with Crippen LogP contribution < -0.4 is 19.3 Å². The van der Waals surface area contributed by atoms with E-state index in [-0.39, 0.29) is 0 Å². The average Bonchev–Trinajstić information content (AvgIpc) is 3.09. The van der Waals surface area contributed by atoms with Gasteiger partial charge in [0.25, 0.3) is 0 Å². The normalized spacial score (nSPS) is 10.4. The van der Waals surface area contributed by atoms with Crippen LogP contribution in [0.15, 0.2) is 146 Å². The summed E-state index contributed by atoms with van der Waals surface area (Å²) in [6, 6.07) is 46.7. The highest BCUT2D eigenvalue weighted by Gasteiger charge is 2.14. The van der Waals surface area contributed by atoms with Crippen LogP contribution in [0.25, 0.3) is 0 Å². The molecule has 0 aromatic heterocycles. The van der Waals surface area contributed by atoms with Gasteiger partial charge in [-0.1, -0.05) is 46.4 Å². The lowest BCUT2D eigenvalue weighted by Gasteiger charge is -2.25. The monoisotopic (exact) mass is 686 g/mol. The Morgan fingerprint density at radius 3 is 0.652 bits per heavy atom. The zero-order valence-electron chi connectivity index (χ0n) is 25.1. The highest BCUT2D eigenvalue weighted by molar-refractivity contribution is 6.31. The maximum atomic E-state index is 6.02. The molecule has 0 heterocycles. The Balaban J connectivity index is 0.000000181. The number of rotatable bonds is 8. The van der Waals surface area contributed by atoms with Crippen LogP contribution in [-0.2, 0) is 0 Å². The van der Waals surface area contributed by atoms with Crippen LogP contribution in [0.5, 0.6) is 11.5 Å². The highest BCUT2D eigenvalue weighted by atomic mass is 35.5. The number of nitrogens with zero attached hydrogens (tertiary/aromatic N) is 2. The zero-order chi connectivity index (χ0) is 32.5. The van der Waals surface area contributed by atoms with Crippen molar-refractivity contribution < 1.29 is 9.47 Å². The van der Waals surface area contributed by atoms with Crippen molar-refractivity contribution in [3.63, 3.8) is 0 Å². The standard InChI is InChI=1S/2C19H15Cl2NO/c2*1-23-19-12-10-18(11-13-19)22(16-6-2-14(20)3-7-16)17-8-4-15(21)5-9-17/h2*2-13H,1H3. The molecule has 0 amide bonds. The summed E-state index contributed by atoms with van der Waals surface area (Å²) in [7, 11) is 3.32. The van der Waals surface area contributed by atoms with Crippen LogP contribution in [0.2, 0.25) is 20.1 Å². The van der Waals surface area contributed by atoms with Gasteiger partial charge in [-0.15, -0.1) is 0 Å². The van der Waals surface area contributed by atoms with Crippen LogP contribution in [0.4, 0.5) is 34.1 Å². The Morgan fingerprint density at radius 1 is 0.304 bits per heavy atom. The van der Waals surface area contributed by atoms with Gasteiger partial charge in [-0.25, -0.2) is 0 Å². The first-order valence-electron chi connectivity index (χ1n) is 14.3. The molecule has 8 heteroatoms. The van der Waals surface area contributed by atoms with Gasteiger partial charge < -0.3 is 19.3 Å². The molecule has 6 aromatic carbocycles. The quantitative estimate of drug-likeness (QED) is 0.159. The zero-order valence-corrected chi connectivity index (χ0v) is 28.1. The number of benzene rings is 6. The lowest BCUT2D eigenvalue weighted by atomic mass is 10.2. The summed E-state index contributed by atoms with van der Waals surface area (Å²) in [5.41, 5.74) is 6.11. The van der Waals surface area contributed by atoms with Crippen LogP contribution in [0, 0.1) is 0 Å². The van der Waals surface area contributed by atoms with E-state index < -0.39 is 0 Å². The summed E-state index contributed by atoms with van der Waals surface area (Å²) >= 11 is 24.1. The van der Waals surface area contributed by atoms with E-state index in [0.29, 0.717) is 20.1 Å². The van der Waals surface area contributed by atoms with E-state index in [4.69, 9.17) is 55.9 Å². The molecular weight excluding hydrogens is 658 g/mol. The van der Waals surface area contributed by atoms with Crippen molar-refractivity contribution in [1.82, 2.24) is 0 Å². The molecule has 0 unspecified atom stereocenters. The molecule has 0 radical (unpaired) electrons. The molecule has 4 nitrogen and oxygen atoms in total. The van der Waals surface area contributed by atoms with Gasteiger partial charge in [0.15, 0.2) is 0 Å². The Kier molecular flexibility index (Phi) is 11.4. The second kappa shape index (κ2) is 15.8. The van der Waals surface area contributed by atoms with Crippen LogP contribution in [-0.4, -0.2) is 14.2 Å². The molecular formula is C38H30Cl4N2O2. The van der Waals surface area contributed by atoms with Crippen molar-refractivity contribution in [3.05, 3.63) is 166 Å². The van der Waals surface area contributed by atoms with E-state index >= 15 is 0 Å². The SMILES string of the molecule is COc1ccc(N(c2ccc(Cl)cc2)c2ccc(Cl)cc2)cc1.COc1ccc(N(c2ccc(Cl)cc2)c2ccc(Cl)cc2)cc1. The molecule has 0 bridgehead atoms. The van der Waals surface area contributed by atoms with Crippen LogP contribution >= 0.6 is 46.4 Å². The van der Waals surface area contributed by atoms with Gasteiger partial charge in [-0.3, -0.25) is 0 Å². The van der Waals surface area contributed by atoms with E-state index in [1.807, 2.05) is 146 Å². The molecule has 232 valence electrons. The summed E-state index contributed by atoms with van der Waals surface area (Å²) in [6.45, 7) is 0. The summed E-state index contributed by atoms with van der Waals surface area (Å²) < 4.78 is 10.5. The summed E-state index contributed by atoms with van der Waals surface area (Å²) in [5.74, 6) is 1.64. The van der Waals surface area contributed by atoms with Gasteiger partial charge in [-0.2, -0.15) is 0 Å². The Hall–Kier alpha value is -4.32. The second-order valence-electron chi connectivity index (χ2n) is 9.97. The fraction of sp³-hybridized carbons (Fsp3) is 0.0526. The maximum Gasteiger partial charge on any atom is 0.119 e. The molecule has 0 N–H and O–H groups in total. The lowest BCUT2D eigenvalue weighted by molar-refractivity contribution is 0.414. The molecule has 0 saturated carbocycles. The molecule has 0 saturated heterocycles. The first kappa shape index (κ1) is 33.1. The van der Waals surface area contributed by atoms with Crippen molar-refractivity contribution in [2.24, 2.45) is 0 Å². The van der Waals surface area contributed by atoms with Crippen LogP contribution in [0.1, 0.15) is 0 Å². The van der Waals surface area contributed by atoms with Gasteiger partial charge in [0.2, 0.25) is 0 Å². The molecule has 0 spiro atoms. The third kappa shape index (κ3) is 8.48. The fourth-order valence-corrected chi connectivity index (χ4v) is 5.22. The van der Waals surface area contributed by atoms with Crippen molar-refractivity contribution in [2.45, 2.75) is 0 Å². The topological polar surface area (TPSA) is 24.9 Å². The van der Waals surface area contributed by atoms with E-state index in [1.165, 1.54) is 0 Å². The molecule has 0 aliphatic heterocycles. The number of hydrogen-bond acceptors (Lipinski definition) is 4. The van der Waals surface area contributed by atoms with Gasteiger partial charge in [0, 0.05) is 54.2 Å². The Labute approximate surface area is 289 Å². The minimum absolute atomic E-state index is 0.708. The van der Waals surface area contributed by atoms with Crippen LogP contribution in [0.3, 0.4) is 0 Å². The number of halogens is 4. The predicted molar refractivity (Wildman–Crippen MR) is 195 cm³/mol. The summed E-state index contributed by atoms with van der Waals surface area (Å²) in [6.07, 6.45) is 0. The van der Waals surface area contributed by atoms with Gasteiger partial charge in [-0.05, 0) is 146 Å². The van der Waals surface area contributed by atoms with E-state index in [1.54, 1.807) is 14.2 Å². The third-order valence-corrected chi connectivity index (χ3v) is 8.01. The largest absolute Gasteiger partial charge is 0.497 e. The van der Waals surface area contributed by atoms with E-state index in [9.17, 15) is 0 Å². The highest BCUT2D eigenvalue weighted by Crippen LogP contribution is 2.37. The Bertz CT molecular complexity index is 1580. The smallest absolute Gasteiger partial charge is 0.119 e. The van der Waals surface area contributed by atoms with Crippen molar-refractivity contribution in [2.75, 3.05) is 24.0 Å². The van der Waals surface area contributed by atoms with Crippen molar-refractivity contribution in [1.29, 1.82) is 0 Å². The molecule has 6 rings (SSSR count). The maximum absolute atomic E-state index is 6.02. The average molecular weight is 688 g/mol. The summed E-state index contributed by atoms with van der Waals surface area (Å²) in [4.78, 5) is 4.26. The molecule has 6 aromatic rings. The first-order valence-corrected chi connectivity index (χ1v) is 15.8. The lowest BCUT2D eigenvalue weighted by Crippen LogP contribution is -2.09. The molecule has 46 heavy (non-hydrogen) atoms. The first-order chi connectivity index (χ1) is 22.3.